The van der Waals surface area contributed by atoms with Crippen molar-refractivity contribution in [2.24, 2.45) is 5.92 Å². The van der Waals surface area contributed by atoms with Crippen molar-refractivity contribution >= 4 is 5.91 Å². The van der Waals surface area contributed by atoms with E-state index in [2.05, 4.69) is 34.9 Å². The van der Waals surface area contributed by atoms with Gasteiger partial charge in [0.2, 0.25) is 5.91 Å². The second-order valence-electron chi connectivity index (χ2n) is 5.01. The van der Waals surface area contributed by atoms with Gasteiger partial charge in [-0.25, -0.2) is 0 Å². The van der Waals surface area contributed by atoms with Crippen LogP contribution in [0.1, 0.15) is 24.8 Å². The molecule has 3 heteroatoms. The lowest BCUT2D eigenvalue weighted by atomic mass is 10.1. The third-order valence-corrected chi connectivity index (χ3v) is 3.23. The van der Waals surface area contributed by atoms with Crippen LogP contribution in [-0.4, -0.2) is 25.5 Å². The lowest BCUT2D eigenvalue weighted by Gasteiger charge is -2.06. The molecule has 1 amide bonds. The van der Waals surface area contributed by atoms with Crippen LogP contribution in [0.3, 0.4) is 0 Å². The van der Waals surface area contributed by atoms with Gasteiger partial charge in [0.05, 0.1) is 6.54 Å². The van der Waals surface area contributed by atoms with E-state index in [1.165, 1.54) is 18.4 Å². The van der Waals surface area contributed by atoms with Gasteiger partial charge >= 0.3 is 0 Å². The van der Waals surface area contributed by atoms with E-state index in [1.807, 2.05) is 6.07 Å². The van der Waals surface area contributed by atoms with Gasteiger partial charge in [-0.1, -0.05) is 30.3 Å². The summed E-state index contributed by atoms with van der Waals surface area (Å²) < 4.78 is 0. The highest BCUT2D eigenvalue weighted by molar-refractivity contribution is 5.77. The third-order valence-electron chi connectivity index (χ3n) is 3.23. The summed E-state index contributed by atoms with van der Waals surface area (Å²) in [6, 6.07) is 10.4. The SMILES string of the molecule is O=C(CNCCCc1ccccc1)NCC1CC1. The Hall–Kier alpha value is -1.35. The van der Waals surface area contributed by atoms with Gasteiger partial charge in [-0.15, -0.1) is 0 Å². The maximum absolute atomic E-state index is 11.4. The quantitative estimate of drug-likeness (QED) is 0.686. The second kappa shape index (κ2) is 7.17. The Kier molecular flexibility index (Phi) is 5.21. The Labute approximate surface area is 109 Å². The van der Waals surface area contributed by atoms with E-state index in [9.17, 15) is 4.79 Å². The monoisotopic (exact) mass is 246 g/mol. The van der Waals surface area contributed by atoms with Crippen molar-refractivity contribution in [3.63, 3.8) is 0 Å². The summed E-state index contributed by atoms with van der Waals surface area (Å²) in [6.45, 7) is 2.21. The predicted octanol–water partition coefficient (Wildman–Crippen LogP) is 1.73. The van der Waals surface area contributed by atoms with Gasteiger partial charge in [-0.05, 0) is 43.7 Å². The van der Waals surface area contributed by atoms with Crippen molar-refractivity contribution in [2.45, 2.75) is 25.7 Å². The molecule has 1 aromatic rings. The van der Waals surface area contributed by atoms with E-state index in [0.717, 1.165) is 31.8 Å². The summed E-state index contributed by atoms with van der Waals surface area (Å²) >= 11 is 0. The molecule has 2 N–H and O–H groups in total. The minimum Gasteiger partial charge on any atom is -0.355 e. The number of nitrogens with one attached hydrogen (secondary N) is 2. The minimum absolute atomic E-state index is 0.126. The molecule has 1 saturated carbocycles. The summed E-state index contributed by atoms with van der Waals surface area (Å²) in [7, 11) is 0. The lowest BCUT2D eigenvalue weighted by Crippen LogP contribution is -2.35. The first-order chi connectivity index (χ1) is 8.84. The number of aryl methyl sites for hydroxylation is 1. The Morgan fingerprint density at radius 2 is 2.00 bits per heavy atom. The maximum atomic E-state index is 11.4. The van der Waals surface area contributed by atoms with Crippen molar-refractivity contribution in [2.75, 3.05) is 19.6 Å². The van der Waals surface area contributed by atoms with Crippen molar-refractivity contribution in [3.05, 3.63) is 35.9 Å². The minimum atomic E-state index is 0.126. The topological polar surface area (TPSA) is 41.1 Å². The Balaban J connectivity index is 1.46. The van der Waals surface area contributed by atoms with E-state index in [4.69, 9.17) is 0 Å². The normalized spacial score (nSPS) is 14.4. The first-order valence-corrected chi connectivity index (χ1v) is 6.86. The van der Waals surface area contributed by atoms with Gasteiger partial charge < -0.3 is 10.6 Å². The fourth-order valence-corrected chi connectivity index (χ4v) is 1.91. The van der Waals surface area contributed by atoms with Crippen LogP contribution in [0.2, 0.25) is 0 Å². The molecule has 0 spiro atoms. The van der Waals surface area contributed by atoms with E-state index >= 15 is 0 Å². The molecule has 1 fully saturated rings. The van der Waals surface area contributed by atoms with Crippen molar-refractivity contribution < 1.29 is 4.79 Å². The number of hydrogen-bond donors (Lipinski definition) is 2. The van der Waals surface area contributed by atoms with Crippen LogP contribution in [0.4, 0.5) is 0 Å². The van der Waals surface area contributed by atoms with Crippen LogP contribution in [0.25, 0.3) is 0 Å². The number of carbonyl (C=O) groups excluding carboxylic acids is 1. The predicted molar refractivity (Wildman–Crippen MR) is 73.4 cm³/mol. The molecule has 1 aliphatic carbocycles. The molecule has 0 unspecified atom stereocenters. The summed E-state index contributed by atoms with van der Waals surface area (Å²) in [4.78, 5) is 11.4. The van der Waals surface area contributed by atoms with Gasteiger partial charge in [0.15, 0.2) is 0 Å². The van der Waals surface area contributed by atoms with Crippen LogP contribution < -0.4 is 10.6 Å². The smallest absolute Gasteiger partial charge is 0.233 e. The molecule has 98 valence electrons. The largest absolute Gasteiger partial charge is 0.355 e. The summed E-state index contributed by atoms with van der Waals surface area (Å²) in [5, 5.41) is 6.14. The average Bonchev–Trinajstić information content (AvgIpc) is 3.21. The van der Waals surface area contributed by atoms with Gasteiger partial charge in [0, 0.05) is 6.54 Å². The molecule has 0 bridgehead atoms. The summed E-state index contributed by atoms with van der Waals surface area (Å²) in [5.74, 6) is 0.883. The summed E-state index contributed by atoms with van der Waals surface area (Å²) in [6.07, 6.45) is 4.70. The zero-order valence-electron chi connectivity index (χ0n) is 10.8. The first kappa shape index (κ1) is 13.1. The van der Waals surface area contributed by atoms with E-state index in [-0.39, 0.29) is 5.91 Å². The Morgan fingerprint density at radius 1 is 1.22 bits per heavy atom. The van der Waals surface area contributed by atoms with Crippen molar-refractivity contribution in [1.82, 2.24) is 10.6 Å². The molecule has 0 aromatic heterocycles. The molecular weight excluding hydrogens is 224 g/mol. The number of rotatable bonds is 8. The van der Waals surface area contributed by atoms with Crippen molar-refractivity contribution in [1.29, 1.82) is 0 Å². The van der Waals surface area contributed by atoms with Gasteiger partial charge in [-0.2, -0.15) is 0 Å². The zero-order valence-corrected chi connectivity index (χ0v) is 10.8. The van der Waals surface area contributed by atoms with Crippen LogP contribution in [0.5, 0.6) is 0 Å². The van der Waals surface area contributed by atoms with Crippen LogP contribution in [0, 0.1) is 5.92 Å². The summed E-state index contributed by atoms with van der Waals surface area (Å²) in [5.41, 5.74) is 1.36. The molecule has 1 aliphatic rings. The molecule has 2 rings (SSSR count). The van der Waals surface area contributed by atoms with E-state index in [1.54, 1.807) is 0 Å². The molecule has 3 nitrogen and oxygen atoms in total. The first-order valence-electron chi connectivity index (χ1n) is 6.86. The lowest BCUT2D eigenvalue weighted by molar-refractivity contribution is -0.120. The number of hydrogen-bond acceptors (Lipinski definition) is 2. The van der Waals surface area contributed by atoms with E-state index in [0.29, 0.717) is 6.54 Å². The van der Waals surface area contributed by atoms with Crippen LogP contribution >= 0.6 is 0 Å². The molecule has 0 aliphatic heterocycles. The van der Waals surface area contributed by atoms with Gasteiger partial charge in [0.25, 0.3) is 0 Å². The number of amides is 1. The highest BCUT2D eigenvalue weighted by atomic mass is 16.1. The molecule has 1 aromatic carbocycles. The number of benzene rings is 1. The number of carbonyl (C=O) groups is 1. The van der Waals surface area contributed by atoms with Crippen LogP contribution in [-0.2, 0) is 11.2 Å². The average molecular weight is 246 g/mol. The second-order valence-corrected chi connectivity index (χ2v) is 5.01. The zero-order chi connectivity index (χ0) is 12.6. The molecule has 18 heavy (non-hydrogen) atoms. The maximum Gasteiger partial charge on any atom is 0.233 e. The van der Waals surface area contributed by atoms with Crippen molar-refractivity contribution in [3.8, 4) is 0 Å². The fraction of sp³-hybridized carbons (Fsp3) is 0.533. The molecule has 0 radical (unpaired) electrons. The van der Waals surface area contributed by atoms with Crippen LogP contribution in [0.15, 0.2) is 30.3 Å². The van der Waals surface area contributed by atoms with E-state index < -0.39 is 0 Å². The highest BCUT2D eigenvalue weighted by Crippen LogP contribution is 2.27. The Morgan fingerprint density at radius 3 is 2.72 bits per heavy atom. The molecular formula is C15H22N2O. The molecule has 0 atom stereocenters. The molecule has 0 saturated heterocycles. The standard InChI is InChI=1S/C15H22N2O/c18-15(17-11-14-8-9-14)12-16-10-4-7-13-5-2-1-3-6-13/h1-3,5-6,14,16H,4,7-12H2,(H,17,18). The van der Waals surface area contributed by atoms with Gasteiger partial charge in [0.1, 0.15) is 0 Å². The fourth-order valence-electron chi connectivity index (χ4n) is 1.91. The molecule has 0 heterocycles. The Bertz CT molecular complexity index is 360. The third kappa shape index (κ3) is 5.32. The van der Waals surface area contributed by atoms with Gasteiger partial charge in [-0.3, -0.25) is 4.79 Å². The highest BCUT2D eigenvalue weighted by Gasteiger charge is 2.21.